The predicted molar refractivity (Wildman–Crippen MR) is 89.7 cm³/mol. The van der Waals surface area contributed by atoms with Gasteiger partial charge in [-0.15, -0.1) is 0 Å². The zero-order valence-electron chi connectivity index (χ0n) is 13.1. The normalized spacial score (nSPS) is 17.3. The molecule has 2 amide bonds. The molecule has 1 aromatic carbocycles. The van der Waals surface area contributed by atoms with Gasteiger partial charge in [0.15, 0.2) is 0 Å². The van der Waals surface area contributed by atoms with E-state index in [1.54, 1.807) is 0 Å². The lowest BCUT2D eigenvalue weighted by Gasteiger charge is -2.16. The summed E-state index contributed by atoms with van der Waals surface area (Å²) in [6, 6.07) is 3.94. The van der Waals surface area contributed by atoms with Crippen LogP contribution in [0.5, 0.6) is 0 Å². The van der Waals surface area contributed by atoms with E-state index in [4.69, 9.17) is 0 Å². The SMILES string of the molecule is CNCC1CCN(C(=O)CCNC(=O)c2cc(F)ccc2Br)C1. The fraction of sp³-hybridized carbons (Fsp3) is 0.500. The van der Waals surface area contributed by atoms with Crippen molar-refractivity contribution >= 4 is 27.7 Å². The molecule has 0 aliphatic carbocycles. The molecule has 1 fully saturated rings. The van der Waals surface area contributed by atoms with E-state index in [-0.39, 0.29) is 24.4 Å². The van der Waals surface area contributed by atoms with Gasteiger partial charge >= 0.3 is 0 Å². The van der Waals surface area contributed by atoms with Gasteiger partial charge in [0.05, 0.1) is 5.56 Å². The second-order valence-corrected chi connectivity index (χ2v) is 6.54. The average molecular weight is 386 g/mol. The van der Waals surface area contributed by atoms with Crippen molar-refractivity contribution < 1.29 is 14.0 Å². The molecule has 1 heterocycles. The lowest BCUT2D eigenvalue weighted by molar-refractivity contribution is -0.130. The van der Waals surface area contributed by atoms with E-state index in [9.17, 15) is 14.0 Å². The summed E-state index contributed by atoms with van der Waals surface area (Å²) in [5.41, 5.74) is 0.229. The molecule has 1 aromatic rings. The van der Waals surface area contributed by atoms with Crippen LogP contribution in [0.2, 0.25) is 0 Å². The number of likely N-dealkylation sites (tertiary alicyclic amines) is 1. The number of halogens is 2. The Morgan fingerprint density at radius 3 is 2.96 bits per heavy atom. The van der Waals surface area contributed by atoms with Gasteiger partial charge in [-0.1, -0.05) is 0 Å². The summed E-state index contributed by atoms with van der Waals surface area (Å²) in [6.07, 6.45) is 1.26. The summed E-state index contributed by atoms with van der Waals surface area (Å²) in [4.78, 5) is 26.0. The van der Waals surface area contributed by atoms with Gasteiger partial charge in [0, 0.05) is 30.5 Å². The first-order valence-corrected chi connectivity index (χ1v) is 8.46. The molecule has 0 aromatic heterocycles. The van der Waals surface area contributed by atoms with Crippen LogP contribution in [0, 0.1) is 11.7 Å². The molecular formula is C16H21BrFN3O2. The Morgan fingerprint density at radius 2 is 2.22 bits per heavy atom. The molecule has 1 aliphatic heterocycles. The Kier molecular flexibility index (Phi) is 6.53. The fourth-order valence-electron chi connectivity index (χ4n) is 2.72. The number of carbonyl (C=O) groups excluding carboxylic acids is 2. The summed E-state index contributed by atoms with van der Waals surface area (Å²) < 4.78 is 13.7. The van der Waals surface area contributed by atoms with E-state index in [0.717, 1.165) is 26.1 Å². The van der Waals surface area contributed by atoms with Crippen molar-refractivity contribution in [3.05, 3.63) is 34.1 Å². The van der Waals surface area contributed by atoms with Gasteiger partial charge in [0.2, 0.25) is 5.91 Å². The van der Waals surface area contributed by atoms with Crippen LogP contribution in [-0.2, 0) is 4.79 Å². The Balaban J connectivity index is 1.77. The molecule has 2 rings (SSSR count). The highest BCUT2D eigenvalue weighted by atomic mass is 79.9. The highest BCUT2D eigenvalue weighted by Crippen LogP contribution is 2.18. The highest BCUT2D eigenvalue weighted by molar-refractivity contribution is 9.10. The zero-order chi connectivity index (χ0) is 16.8. The summed E-state index contributed by atoms with van der Waals surface area (Å²) in [5, 5.41) is 5.79. The highest BCUT2D eigenvalue weighted by Gasteiger charge is 2.25. The second kappa shape index (κ2) is 8.40. The van der Waals surface area contributed by atoms with E-state index in [2.05, 4.69) is 26.6 Å². The minimum absolute atomic E-state index is 0.0437. The van der Waals surface area contributed by atoms with Crippen molar-refractivity contribution in [1.29, 1.82) is 0 Å². The van der Waals surface area contributed by atoms with Gasteiger partial charge in [-0.05, 0) is 60.1 Å². The van der Waals surface area contributed by atoms with E-state index in [0.29, 0.717) is 10.4 Å². The molecule has 0 spiro atoms. The van der Waals surface area contributed by atoms with Gasteiger partial charge in [-0.25, -0.2) is 4.39 Å². The maximum atomic E-state index is 13.2. The third kappa shape index (κ3) is 5.00. The topological polar surface area (TPSA) is 61.4 Å². The van der Waals surface area contributed by atoms with Crippen LogP contribution in [0.25, 0.3) is 0 Å². The van der Waals surface area contributed by atoms with Crippen LogP contribution >= 0.6 is 15.9 Å². The maximum Gasteiger partial charge on any atom is 0.252 e. The smallest absolute Gasteiger partial charge is 0.252 e. The Labute approximate surface area is 143 Å². The lowest BCUT2D eigenvalue weighted by atomic mass is 10.1. The maximum absolute atomic E-state index is 13.2. The molecule has 0 radical (unpaired) electrons. The quantitative estimate of drug-likeness (QED) is 0.784. The van der Waals surface area contributed by atoms with Crippen LogP contribution in [-0.4, -0.2) is 49.9 Å². The number of hydrogen-bond donors (Lipinski definition) is 2. The Morgan fingerprint density at radius 1 is 1.43 bits per heavy atom. The number of nitrogens with zero attached hydrogens (tertiary/aromatic N) is 1. The number of benzene rings is 1. The third-order valence-corrected chi connectivity index (χ3v) is 4.62. The molecule has 2 N–H and O–H groups in total. The summed E-state index contributed by atoms with van der Waals surface area (Å²) in [6.45, 7) is 2.69. The molecule has 1 atom stereocenters. The Hall–Kier alpha value is -1.47. The number of amides is 2. The van der Waals surface area contributed by atoms with E-state index in [1.165, 1.54) is 18.2 Å². The molecule has 0 saturated carbocycles. The van der Waals surface area contributed by atoms with Crippen molar-refractivity contribution in [3.63, 3.8) is 0 Å². The minimum atomic E-state index is -0.470. The third-order valence-electron chi connectivity index (χ3n) is 3.93. The zero-order valence-corrected chi connectivity index (χ0v) is 14.7. The fourth-order valence-corrected chi connectivity index (χ4v) is 3.15. The van der Waals surface area contributed by atoms with Crippen molar-refractivity contribution in [2.45, 2.75) is 12.8 Å². The monoisotopic (exact) mass is 385 g/mol. The van der Waals surface area contributed by atoms with Crippen LogP contribution in [0.3, 0.4) is 0 Å². The number of carbonyl (C=O) groups is 2. The molecule has 1 unspecified atom stereocenters. The van der Waals surface area contributed by atoms with Gasteiger partial charge in [-0.3, -0.25) is 9.59 Å². The van der Waals surface area contributed by atoms with Crippen LogP contribution in [0.15, 0.2) is 22.7 Å². The molecule has 1 saturated heterocycles. The predicted octanol–water partition coefficient (Wildman–Crippen LogP) is 1.78. The number of rotatable bonds is 6. The molecule has 5 nitrogen and oxygen atoms in total. The van der Waals surface area contributed by atoms with Gasteiger partial charge in [-0.2, -0.15) is 0 Å². The van der Waals surface area contributed by atoms with Crippen molar-refractivity contribution in [1.82, 2.24) is 15.5 Å². The lowest BCUT2D eigenvalue weighted by Crippen LogP contribution is -2.34. The van der Waals surface area contributed by atoms with Crippen molar-refractivity contribution in [2.24, 2.45) is 5.92 Å². The molecule has 0 bridgehead atoms. The summed E-state index contributed by atoms with van der Waals surface area (Å²) in [7, 11) is 1.91. The average Bonchev–Trinajstić information content (AvgIpc) is 2.98. The second-order valence-electron chi connectivity index (χ2n) is 5.68. The van der Waals surface area contributed by atoms with E-state index < -0.39 is 11.7 Å². The largest absolute Gasteiger partial charge is 0.351 e. The molecular weight excluding hydrogens is 365 g/mol. The summed E-state index contributed by atoms with van der Waals surface area (Å²) in [5.74, 6) is -0.315. The van der Waals surface area contributed by atoms with E-state index in [1.807, 2.05) is 11.9 Å². The van der Waals surface area contributed by atoms with Crippen molar-refractivity contribution in [2.75, 3.05) is 33.2 Å². The minimum Gasteiger partial charge on any atom is -0.351 e. The molecule has 126 valence electrons. The number of nitrogens with one attached hydrogen (secondary N) is 2. The first-order valence-electron chi connectivity index (χ1n) is 7.67. The van der Waals surface area contributed by atoms with Gasteiger partial charge < -0.3 is 15.5 Å². The van der Waals surface area contributed by atoms with Crippen molar-refractivity contribution in [3.8, 4) is 0 Å². The van der Waals surface area contributed by atoms with Gasteiger partial charge in [0.25, 0.3) is 5.91 Å². The van der Waals surface area contributed by atoms with Crippen LogP contribution in [0.4, 0.5) is 4.39 Å². The molecule has 1 aliphatic rings. The van der Waals surface area contributed by atoms with Crippen LogP contribution < -0.4 is 10.6 Å². The first-order chi connectivity index (χ1) is 11.0. The van der Waals surface area contributed by atoms with Crippen LogP contribution in [0.1, 0.15) is 23.2 Å². The molecule has 7 heteroatoms. The van der Waals surface area contributed by atoms with Gasteiger partial charge in [0.1, 0.15) is 5.82 Å². The standard InChI is InChI=1S/C16H21BrFN3O2/c1-19-9-11-5-7-21(10-11)15(22)4-6-20-16(23)13-8-12(18)2-3-14(13)17/h2-3,8,11,19H,4-7,9-10H2,1H3,(H,20,23). The van der Waals surface area contributed by atoms with E-state index >= 15 is 0 Å². The molecule has 23 heavy (non-hydrogen) atoms. The number of hydrogen-bond acceptors (Lipinski definition) is 3. The first kappa shape index (κ1) is 17.9. The Bertz CT molecular complexity index is 582. The summed E-state index contributed by atoms with van der Waals surface area (Å²) >= 11 is 3.22.